The fraction of sp³-hybridized carbons (Fsp3) is 0.133. The van der Waals surface area contributed by atoms with Crippen molar-refractivity contribution in [2.45, 2.75) is 12.5 Å². The molecule has 0 saturated heterocycles. The van der Waals surface area contributed by atoms with Crippen molar-refractivity contribution in [2.24, 2.45) is 5.73 Å². The summed E-state index contributed by atoms with van der Waals surface area (Å²) in [5, 5.41) is 12.5. The first-order chi connectivity index (χ1) is 9.41. The molecule has 0 radical (unpaired) electrons. The molecule has 1 atom stereocenters. The number of aromatic hydroxyl groups is 1. The van der Waals surface area contributed by atoms with Crippen LogP contribution in [0.4, 0.5) is 5.69 Å². The standard InChI is InChI=1S/C15H15BrN2O2/c1-15(14(17)20,10-2-8-13(19)9-3-10)18-12-6-4-11(16)5-7-12/h2-9,18-19H,1H3,(H2,17,20). The molecule has 20 heavy (non-hydrogen) atoms. The Kier molecular flexibility index (Phi) is 3.99. The van der Waals surface area contributed by atoms with Gasteiger partial charge < -0.3 is 16.2 Å². The monoisotopic (exact) mass is 334 g/mol. The molecule has 0 fully saturated rings. The topological polar surface area (TPSA) is 75.3 Å². The number of phenols is 1. The van der Waals surface area contributed by atoms with Crippen LogP contribution in [-0.2, 0) is 10.3 Å². The third kappa shape index (κ3) is 2.93. The van der Waals surface area contributed by atoms with Crippen molar-refractivity contribution < 1.29 is 9.90 Å². The lowest BCUT2D eigenvalue weighted by molar-refractivity contribution is -0.122. The number of carbonyl (C=O) groups excluding carboxylic acids is 1. The number of hydrogen-bond acceptors (Lipinski definition) is 3. The fourth-order valence-corrected chi connectivity index (χ4v) is 2.16. The molecular weight excluding hydrogens is 320 g/mol. The fourth-order valence-electron chi connectivity index (χ4n) is 1.89. The number of benzene rings is 2. The molecule has 104 valence electrons. The molecule has 0 saturated carbocycles. The van der Waals surface area contributed by atoms with Gasteiger partial charge in [0.15, 0.2) is 0 Å². The number of carbonyl (C=O) groups is 1. The van der Waals surface area contributed by atoms with E-state index in [-0.39, 0.29) is 5.75 Å². The molecule has 1 unspecified atom stereocenters. The van der Waals surface area contributed by atoms with E-state index in [1.165, 1.54) is 12.1 Å². The summed E-state index contributed by atoms with van der Waals surface area (Å²) in [6, 6.07) is 13.9. The van der Waals surface area contributed by atoms with Gasteiger partial charge in [0.2, 0.25) is 5.91 Å². The van der Waals surface area contributed by atoms with Crippen LogP contribution in [0.25, 0.3) is 0 Å². The lowest BCUT2D eigenvalue weighted by Crippen LogP contribution is -2.45. The molecule has 1 amide bonds. The SMILES string of the molecule is CC(Nc1ccc(Br)cc1)(C(N)=O)c1ccc(O)cc1. The lowest BCUT2D eigenvalue weighted by Gasteiger charge is -2.29. The van der Waals surface area contributed by atoms with Crippen molar-refractivity contribution in [1.82, 2.24) is 0 Å². The molecule has 4 nitrogen and oxygen atoms in total. The van der Waals surface area contributed by atoms with Crippen molar-refractivity contribution in [3.63, 3.8) is 0 Å². The molecular formula is C15H15BrN2O2. The number of amides is 1. The Balaban J connectivity index is 2.37. The van der Waals surface area contributed by atoms with Gasteiger partial charge in [-0.25, -0.2) is 0 Å². The zero-order valence-electron chi connectivity index (χ0n) is 10.9. The van der Waals surface area contributed by atoms with Gasteiger partial charge in [0, 0.05) is 10.2 Å². The van der Waals surface area contributed by atoms with Gasteiger partial charge in [0.25, 0.3) is 0 Å². The molecule has 2 rings (SSSR count). The number of nitrogens with two attached hydrogens (primary N) is 1. The van der Waals surface area contributed by atoms with Crippen molar-refractivity contribution in [3.05, 3.63) is 58.6 Å². The highest BCUT2D eigenvalue weighted by molar-refractivity contribution is 9.10. The van der Waals surface area contributed by atoms with Gasteiger partial charge in [-0.1, -0.05) is 28.1 Å². The summed E-state index contributed by atoms with van der Waals surface area (Å²) < 4.78 is 0.952. The smallest absolute Gasteiger partial charge is 0.247 e. The largest absolute Gasteiger partial charge is 0.508 e. The van der Waals surface area contributed by atoms with Gasteiger partial charge in [-0.3, -0.25) is 4.79 Å². The molecule has 0 aliphatic heterocycles. The molecule has 0 aromatic heterocycles. The van der Waals surface area contributed by atoms with Crippen molar-refractivity contribution in [1.29, 1.82) is 0 Å². The summed E-state index contributed by atoms with van der Waals surface area (Å²) in [5.41, 5.74) is 5.96. The van der Waals surface area contributed by atoms with E-state index in [9.17, 15) is 9.90 Å². The van der Waals surface area contributed by atoms with E-state index in [0.29, 0.717) is 5.56 Å². The van der Waals surface area contributed by atoms with Gasteiger partial charge in [-0.2, -0.15) is 0 Å². The van der Waals surface area contributed by atoms with Gasteiger partial charge in [-0.15, -0.1) is 0 Å². The van der Waals surface area contributed by atoms with E-state index in [1.54, 1.807) is 19.1 Å². The second-order valence-electron chi connectivity index (χ2n) is 4.67. The zero-order chi connectivity index (χ0) is 14.8. The Morgan fingerprint density at radius 3 is 2.20 bits per heavy atom. The summed E-state index contributed by atoms with van der Waals surface area (Å²) in [7, 11) is 0. The van der Waals surface area contributed by atoms with Crippen LogP contribution >= 0.6 is 15.9 Å². The predicted molar refractivity (Wildman–Crippen MR) is 82.4 cm³/mol. The highest BCUT2D eigenvalue weighted by Gasteiger charge is 2.33. The Morgan fingerprint density at radius 1 is 1.15 bits per heavy atom. The molecule has 4 N–H and O–H groups in total. The number of halogens is 1. The normalized spacial score (nSPS) is 13.5. The van der Waals surface area contributed by atoms with E-state index in [0.717, 1.165) is 10.2 Å². The number of anilines is 1. The van der Waals surface area contributed by atoms with Crippen LogP contribution in [-0.4, -0.2) is 11.0 Å². The summed E-state index contributed by atoms with van der Waals surface area (Å²) in [4.78, 5) is 11.9. The van der Waals surface area contributed by atoms with Gasteiger partial charge in [-0.05, 0) is 48.9 Å². The second kappa shape index (κ2) is 5.54. The lowest BCUT2D eigenvalue weighted by atomic mass is 9.90. The number of primary amides is 1. The van der Waals surface area contributed by atoms with E-state index < -0.39 is 11.4 Å². The summed E-state index contributed by atoms with van der Waals surface area (Å²) in [5.74, 6) is -0.352. The van der Waals surface area contributed by atoms with E-state index >= 15 is 0 Å². The quantitative estimate of drug-likeness (QED) is 0.804. The van der Waals surface area contributed by atoms with Crippen molar-refractivity contribution in [2.75, 3.05) is 5.32 Å². The van der Waals surface area contributed by atoms with E-state index in [1.807, 2.05) is 24.3 Å². The summed E-state index contributed by atoms with van der Waals surface area (Å²) in [6.45, 7) is 1.71. The van der Waals surface area contributed by atoms with Gasteiger partial charge in [0.1, 0.15) is 11.3 Å². The first kappa shape index (κ1) is 14.4. The minimum Gasteiger partial charge on any atom is -0.508 e. The molecule has 0 bridgehead atoms. The highest BCUT2D eigenvalue weighted by Crippen LogP contribution is 2.28. The summed E-state index contributed by atoms with van der Waals surface area (Å²) >= 11 is 3.36. The molecule has 0 aliphatic rings. The second-order valence-corrected chi connectivity index (χ2v) is 5.58. The molecule has 5 heteroatoms. The minimum absolute atomic E-state index is 0.143. The van der Waals surface area contributed by atoms with E-state index in [2.05, 4.69) is 21.2 Å². The molecule has 0 heterocycles. The number of hydrogen-bond donors (Lipinski definition) is 3. The number of phenolic OH excluding ortho intramolecular Hbond substituents is 1. The van der Waals surface area contributed by atoms with Gasteiger partial charge in [0.05, 0.1) is 0 Å². The highest BCUT2D eigenvalue weighted by atomic mass is 79.9. The van der Waals surface area contributed by atoms with Crippen molar-refractivity contribution in [3.8, 4) is 5.75 Å². The third-order valence-corrected chi connectivity index (χ3v) is 3.70. The van der Waals surface area contributed by atoms with Crippen LogP contribution in [0.3, 0.4) is 0 Å². The minimum atomic E-state index is -1.05. The Morgan fingerprint density at radius 2 is 1.70 bits per heavy atom. The first-order valence-electron chi connectivity index (χ1n) is 6.05. The average molecular weight is 335 g/mol. The zero-order valence-corrected chi connectivity index (χ0v) is 12.5. The van der Waals surface area contributed by atoms with Crippen molar-refractivity contribution >= 4 is 27.5 Å². The maximum Gasteiger partial charge on any atom is 0.247 e. The van der Waals surface area contributed by atoms with Crippen LogP contribution < -0.4 is 11.1 Å². The van der Waals surface area contributed by atoms with Crippen LogP contribution in [0.15, 0.2) is 53.0 Å². The molecule has 2 aromatic carbocycles. The van der Waals surface area contributed by atoms with E-state index in [4.69, 9.17) is 5.73 Å². The predicted octanol–water partition coefficient (Wildman–Crippen LogP) is 2.97. The van der Waals surface area contributed by atoms with Crippen LogP contribution in [0.2, 0.25) is 0 Å². The maximum absolute atomic E-state index is 11.9. The van der Waals surface area contributed by atoms with Crippen LogP contribution in [0, 0.1) is 0 Å². The third-order valence-electron chi connectivity index (χ3n) is 3.18. The average Bonchev–Trinajstić information content (AvgIpc) is 2.42. The van der Waals surface area contributed by atoms with Crippen LogP contribution in [0.5, 0.6) is 5.75 Å². The van der Waals surface area contributed by atoms with Gasteiger partial charge >= 0.3 is 0 Å². The Labute approximate surface area is 125 Å². The molecule has 2 aromatic rings. The molecule has 0 aliphatic carbocycles. The number of nitrogens with one attached hydrogen (secondary N) is 1. The Hall–Kier alpha value is -2.01. The summed E-state index contributed by atoms with van der Waals surface area (Å²) in [6.07, 6.45) is 0. The maximum atomic E-state index is 11.9. The number of rotatable bonds is 4. The first-order valence-corrected chi connectivity index (χ1v) is 6.84. The Bertz CT molecular complexity index is 611. The molecule has 0 spiro atoms. The van der Waals surface area contributed by atoms with Crippen LogP contribution in [0.1, 0.15) is 12.5 Å².